The van der Waals surface area contributed by atoms with E-state index < -0.39 is 0 Å². The lowest BCUT2D eigenvalue weighted by Crippen LogP contribution is -1.98. The van der Waals surface area contributed by atoms with Crippen molar-refractivity contribution in [2.45, 2.75) is 6.61 Å². The minimum Gasteiger partial charge on any atom is -0.493 e. The summed E-state index contributed by atoms with van der Waals surface area (Å²) in [6.45, 7) is 0.355. The highest BCUT2D eigenvalue weighted by molar-refractivity contribution is 7.16. The molecule has 5 aromatic rings. The lowest BCUT2D eigenvalue weighted by atomic mass is 10.1. The molecular formula is C22H18N4O3S. The van der Waals surface area contributed by atoms with Crippen LogP contribution in [0.25, 0.3) is 27.1 Å². The molecule has 7 nitrogen and oxygen atoms in total. The van der Waals surface area contributed by atoms with Gasteiger partial charge in [0.25, 0.3) is 0 Å². The summed E-state index contributed by atoms with van der Waals surface area (Å²) in [5, 5.41) is 16.2. The van der Waals surface area contributed by atoms with Crippen molar-refractivity contribution in [1.82, 2.24) is 19.8 Å². The van der Waals surface area contributed by atoms with E-state index in [-0.39, 0.29) is 0 Å². The molecule has 30 heavy (non-hydrogen) atoms. The van der Waals surface area contributed by atoms with Gasteiger partial charge in [-0.3, -0.25) is 0 Å². The maximum atomic E-state index is 6.07. The van der Waals surface area contributed by atoms with E-state index in [1.807, 2.05) is 42.5 Å². The van der Waals surface area contributed by atoms with Crippen LogP contribution in [0.3, 0.4) is 0 Å². The minimum absolute atomic E-state index is 0.355. The standard InChI is InChI=1S/C22H18N4O3S/c1-27-18-11-10-15(12-19(18)28-2)21-23-24-22-26(21)25-20(30-22)13-29-17-9-5-7-14-6-3-4-8-16(14)17/h3-12H,13H2,1-2H3. The number of hydrogen-bond acceptors (Lipinski definition) is 7. The molecule has 0 fully saturated rings. The van der Waals surface area contributed by atoms with Crippen molar-refractivity contribution in [1.29, 1.82) is 0 Å². The Bertz CT molecular complexity index is 1340. The second-order valence-corrected chi connectivity index (χ2v) is 7.59. The Morgan fingerprint density at radius 2 is 1.70 bits per heavy atom. The molecule has 0 aliphatic carbocycles. The number of aromatic nitrogens is 4. The van der Waals surface area contributed by atoms with Crippen molar-refractivity contribution >= 4 is 27.1 Å². The Hall–Kier alpha value is -3.65. The summed E-state index contributed by atoms with van der Waals surface area (Å²) in [6, 6.07) is 19.8. The fourth-order valence-electron chi connectivity index (χ4n) is 3.33. The van der Waals surface area contributed by atoms with E-state index >= 15 is 0 Å². The fraction of sp³-hybridized carbons (Fsp3) is 0.136. The van der Waals surface area contributed by atoms with Crippen LogP contribution in [-0.2, 0) is 6.61 Å². The number of benzene rings is 3. The highest BCUT2D eigenvalue weighted by atomic mass is 32.1. The van der Waals surface area contributed by atoms with E-state index in [9.17, 15) is 0 Å². The molecule has 0 atom stereocenters. The molecule has 0 bridgehead atoms. The molecule has 5 rings (SSSR count). The summed E-state index contributed by atoms with van der Waals surface area (Å²) in [5.74, 6) is 2.75. The lowest BCUT2D eigenvalue weighted by Gasteiger charge is -2.08. The number of nitrogens with zero attached hydrogens (tertiary/aromatic N) is 4. The Balaban J connectivity index is 1.43. The molecular weight excluding hydrogens is 400 g/mol. The Morgan fingerprint density at radius 1 is 0.867 bits per heavy atom. The average Bonchev–Trinajstić information content (AvgIpc) is 3.37. The van der Waals surface area contributed by atoms with Gasteiger partial charge in [0.2, 0.25) is 4.96 Å². The zero-order valence-electron chi connectivity index (χ0n) is 16.4. The topological polar surface area (TPSA) is 70.8 Å². The first-order chi connectivity index (χ1) is 14.8. The lowest BCUT2D eigenvalue weighted by molar-refractivity contribution is 0.308. The molecule has 0 unspecified atom stereocenters. The van der Waals surface area contributed by atoms with Gasteiger partial charge in [-0.2, -0.15) is 9.61 Å². The van der Waals surface area contributed by atoms with Gasteiger partial charge in [-0.15, -0.1) is 10.2 Å². The maximum Gasteiger partial charge on any atom is 0.235 e. The van der Waals surface area contributed by atoms with Crippen molar-refractivity contribution in [2.24, 2.45) is 0 Å². The van der Waals surface area contributed by atoms with Gasteiger partial charge in [0.05, 0.1) is 14.2 Å². The smallest absolute Gasteiger partial charge is 0.235 e. The van der Waals surface area contributed by atoms with Crippen molar-refractivity contribution in [3.63, 3.8) is 0 Å². The summed E-state index contributed by atoms with van der Waals surface area (Å²) in [4.78, 5) is 0.705. The van der Waals surface area contributed by atoms with Crippen LogP contribution in [0.1, 0.15) is 5.01 Å². The number of ether oxygens (including phenoxy) is 3. The van der Waals surface area contributed by atoms with Gasteiger partial charge < -0.3 is 14.2 Å². The second-order valence-electron chi connectivity index (χ2n) is 6.55. The predicted molar refractivity (Wildman–Crippen MR) is 115 cm³/mol. The Morgan fingerprint density at radius 3 is 2.57 bits per heavy atom. The molecule has 0 saturated carbocycles. The number of fused-ring (bicyclic) bond motifs is 2. The molecule has 150 valence electrons. The third-order valence-electron chi connectivity index (χ3n) is 4.78. The van der Waals surface area contributed by atoms with Crippen LogP contribution in [0.4, 0.5) is 0 Å². The summed E-state index contributed by atoms with van der Waals surface area (Å²) in [5.41, 5.74) is 0.840. The van der Waals surface area contributed by atoms with E-state index in [4.69, 9.17) is 14.2 Å². The first-order valence-corrected chi connectivity index (χ1v) is 10.1. The number of methoxy groups -OCH3 is 2. The van der Waals surface area contributed by atoms with E-state index in [0.29, 0.717) is 28.9 Å². The highest BCUT2D eigenvalue weighted by Crippen LogP contribution is 2.32. The van der Waals surface area contributed by atoms with Crippen molar-refractivity contribution in [3.05, 3.63) is 65.7 Å². The monoisotopic (exact) mass is 418 g/mol. The van der Waals surface area contributed by atoms with E-state index in [2.05, 4.69) is 33.5 Å². The third-order valence-corrected chi connectivity index (χ3v) is 5.65. The highest BCUT2D eigenvalue weighted by Gasteiger charge is 2.16. The van der Waals surface area contributed by atoms with Crippen LogP contribution in [0.5, 0.6) is 17.2 Å². The molecule has 0 radical (unpaired) electrons. The summed E-state index contributed by atoms with van der Waals surface area (Å²) in [6.07, 6.45) is 0. The summed E-state index contributed by atoms with van der Waals surface area (Å²) in [7, 11) is 3.21. The molecule has 2 heterocycles. The van der Waals surface area contributed by atoms with Crippen LogP contribution < -0.4 is 14.2 Å². The molecule has 0 saturated heterocycles. The largest absolute Gasteiger partial charge is 0.493 e. The predicted octanol–water partition coefficient (Wildman–Crippen LogP) is 4.60. The molecule has 0 aliphatic heterocycles. The first-order valence-electron chi connectivity index (χ1n) is 9.31. The zero-order chi connectivity index (χ0) is 20.5. The van der Waals surface area contributed by atoms with Gasteiger partial charge in [-0.1, -0.05) is 47.7 Å². The summed E-state index contributed by atoms with van der Waals surface area (Å²) < 4.78 is 18.5. The number of rotatable bonds is 6. The van der Waals surface area contributed by atoms with Crippen LogP contribution in [0.15, 0.2) is 60.7 Å². The van der Waals surface area contributed by atoms with Gasteiger partial charge in [0.1, 0.15) is 12.4 Å². The quantitative estimate of drug-likeness (QED) is 0.401. The average molecular weight is 418 g/mol. The van der Waals surface area contributed by atoms with Crippen LogP contribution in [0.2, 0.25) is 0 Å². The van der Waals surface area contributed by atoms with E-state index in [1.54, 1.807) is 18.7 Å². The molecule has 8 heteroatoms. The zero-order valence-corrected chi connectivity index (χ0v) is 17.2. The Kier molecular flexibility index (Phi) is 4.68. The van der Waals surface area contributed by atoms with E-state index in [0.717, 1.165) is 27.1 Å². The SMILES string of the molecule is COc1ccc(-c2nnc3sc(COc4cccc5ccccc45)nn23)cc1OC. The normalized spacial score (nSPS) is 11.1. The maximum absolute atomic E-state index is 6.07. The molecule has 0 amide bonds. The second kappa shape index (κ2) is 7.64. The van der Waals surface area contributed by atoms with E-state index in [1.165, 1.54) is 11.3 Å². The van der Waals surface area contributed by atoms with Gasteiger partial charge in [0, 0.05) is 10.9 Å². The van der Waals surface area contributed by atoms with Crippen LogP contribution >= 0.6 is 11.3 Å². The van der Waals surface area contributed by atoms with Gasteiger partial charge in [0.15, 0.2) is 22.3 Å². The van der Waals surface area contributed by atoms with Gasteiger partial charge in [-0.05, 0) is 29.7 Å². The number of hydrogen-bond donors (Lipinski definition) is 0. The van der Waals surface area contributed by atoms with Gasteiger partial charge >= 0.3 is 0 Å². The minimum atomic E-state index is 0.355. The van der Waals surface area contributed by atoms with Crippen LogP contribution in [0, 0.1) is 0 Å². The van der Waals surface area contributed by atoms with Gasteiger partial charge in [-0.25, -0.2) is 0 Å². The van der Waals surface area contributed by atoms with Crippen molar-refractivity contribution in [2.75, 3.05) is 14.2 Å². The van der Waals surface area contributed by atoms with Crippen molar-refractivity contribution < 1.29 is 14.2 Å². The molecule has 0 spiro atoms. The summed E-state index contributed by atoms with van der Waals surface area (Å²) >= 11 is 1.45. The first kappa shape index (κ1) is 18.4. The molecule has 3 aromatic carbocycles. The Labute approximate surface area is 176 Å². The molecule has 2 aromatic heterocycles. The molecule has 0 aliphatic rings. The third kappa shape index (κ3) is 3.21. The molecule has 0 N–H and O–H groups in total. The van der Waals surface area contributed by atoms with Crippen LogP contribution in [-0.4, -0.2) is 34.0 Å². The van der Waals surface area contributed by atoms with Crippen molar-refractivity contribution in [3.8, 4) is 28.6 Å². The fourth-order valence-corrected chi connectivity index (χ4v) is 4.08.